The average molecular weight is 436 g/mol. The third-order valence-electron chi connectivity index (χ3n) is 4.46. The number of carboxylic acid groups (broad SMARTS) is 2. The topological polar surface area (TPSA) is 117 Å². The van der Waals surface area contributed by atoms with E-state index in [0.717, 1.165) is 54.7 Å². The Morgan fingerprint density at radius 3 is 2.17 bits per heavy atom. The summed E-state index contributed by atoms with van der Waals surface area (Å²) in [6, 6.07) is 9.72. The van der Waals surface area contributed by atoms with Crippen LogP contribution in [-0.2, 0) is 16.1 Å². The third kappa shape index (κ3) is 6.46. The molecule has 2 aromatic rings. The van der Waals surface area contributed by atoms with E-state index in [9.17, 15) is 4.79 Å². The van der Waals surface area contributed by atoms with Gasteiger partial charge in [0.25, 0.3) is 5.91 Å². The van der Waals surface area contributed by atoms with Gasteiger partial charge in [-0.25, -0.2) is 9.59 Å². The molecule has 1 aliphatic heterocycles. The van der Waals surface area contributed by atoms with Gasteiger partial charge in [-0.1, -0.05) is 12.1 Å². The van der Waals surface area contributed by atoms with Crippen LogP contribution in [0.4, 0.5) is 0 Å². The molecule has 10 heteroatoms. The first-order valence-electron chi connectivity index (χ1n) is 9.08. The van der Waals surface area contributed by atoms with Gasteiger partial charge >= 0.3 is 11.9 Å². The highest BCUT2D eigenvalue weighted by Gasteiger charge is 2.23. The zero-order chi connectivity index (χ0) is 22.1. The molecular weight excluding hydrogens is 412 g/mol. The van der Waals surface area contributed by atoms with Gasteiger partial charge in [0, 0.05) is 44.4 Å². The lowest BCUT2D eigenvalue weighted by molar-refractivity contribution is -0.159. The number of nitrogens with zero attached hydrogens (tertiary/aromatic N) is 2. The van der Waals surface area contributed by atoms with Crippen LogP contribution in [0, 0.1) is 0 Å². The molecule has 0 radical (unpaired) electrons. The lowest BCUT2D eigenvalue weighted by Gasteiger charge is -2.34. The number of hydrogen-bond acceptors (Lipinski definition) is 7. The van der Waals surface area contributed by atoms with Gasteiger partial charge in [-0.15, -0.1) is 11.3 Å². The van der Waals surface area contributed by atoms with E-state index in [1.165, 1.54) is 11.3 Å². The van der Waals surface area contributed by atoms with E-state index in [0.29, 0.717) is 0 Å². The number of piperazine rings is 1. The van der Waals surface area contributed by atoms with Crippen molar-refractivity contribution in [3.8, 4) is 11.5 Å². The number of amides is 1. The van der Waals surface area contributed by atoms with Crippen LogP contribution >= 0.6 is 11.3 Å². The molecule has 162 valence electrons. The summed E-state index contributed by atoms with van der Waals surface area (Å²) < 4.78 is 10.7. The van der Waals surface area contributed by atoms with Crippen LogP contribution in [0.2, 0.25) is 0 Å². The van der Waals surface area contributed by atoms with Gasteiger partial charge in [0.15, 0.2) is 0 Å². The molecule has 1 aliphatic rings. The Balaban J connectivity index is 0.000000469. The number of hydrogen-bond donors (Lipinski definition) is 2. The minimum absolute atomic E-state index is 0.145. The molecule has 3 rings (SSSR count). The third-order valence-corrected chi connectivity index (χ3v) is 5.32. The number of benzene rings is 1. The molecule has 0 saturated carbocycles. The Morgan fingerprint density at radius 2 is 1.67 bits per heavy atom. The quantitative estimate of drug-likeness (QED) is 0.683. The molecule has 9 nitrogen and oxygen atoms in total. The lowest BCUT2D eigenvalue weighted by atomic mass is 10.1. The zero-order valence-corrected chi connectivity index (χ0v) is 17.6. The van der Waals surface area contributed by atoms with Crippen molar-refractivity contribution in [3.63, 3.8) is 0 Å². The Hall–Kier alpha value is -3.11. The van der Waals surface area contributed by atoms with Crippen LogP contribution in [-0.4, -0.2) is 78.3 Å². The number of carboxylic acids is 2. The summed E-state index contributed by atoms with van der Waals surface area (Å²) in [5.74, 6) is -1.87. The summed E-state index contributed by atoms with van der Waals surface area (Å²) in [7, 11) is 3.33. The molecule has 0 spiro atoms. The molecule has 30 heavy (non-hydrogen) atoms. The SMILES string of the molecule is COc1ccc(CN2CCN(C(=O)c3cccs3)CC2)c(OC)c1.O=C(O)C(=O)O. The van der Waals surface area contributed by atoms with Crippen molar-refractivity contribution in [1.29, 1.82) is 0 Å². The van der Waals surface area contributed by atoms with Gasteiger partial charge in [-0.3, -0.25) is 9.69 Å². The first-order chi connectivity index (χ1) is 14.3. The maximum atomic E-state index is 12.4. The van der Waals surface area contributed by atoms with Crippen molar-refractivity contribution < 1.29 is 34.1 Å². The van der Waals surface area contributed by atoms with Gasteiger partial charge in [0.2, 0.25) is 0 Å². The van der Waals surface area contributed by atoms with Gasteiger partial charge in [-0.05, 0) is 17.5 Å². The van der Waals surface area contributed by atoms with Crippen LogP contribution < -0.4 is 9.47 Å². The van der Waals surface area contributed by atoms with Gasteiger partial charge in [0.1, 0.15) is 11.5 Å². The van der Waals surface area contributed by atoms with E-state index in [4.69, 9.17) is 29.3 Å². The van der Waals surface area contributed by atoms with Crippen LogP contribution in [0.1, 0.15) is 15.2 Å². The second-order valence-electron chi connectivity index (χ2n) is 6.33. The van der Waals surface area contributed by atoms with Gasteiger partial charge in [0.05, 0.1) is 19.1 Å². The molecule has 1 fully saturated rings. The summed E-state index contributed by atoms with van der Waals surface area (Å²) in [5, 5.41) is 16.7. The largest absolute Gasteiger partial charge is 0.497 e. The molecule has 2 heterocycles. The van der Waals surface area contributed by atoms with Crippen LogP contribution in [0.15, 0.2) is 35.7 Å². The van der Waals surface area contributed by atoms with Gasteiger partial charge in [-0.2, -0.15) is 0 Å². The summed E-state index contributed by atoms with van der Waals surface area (Å²) in [6.07, 6.45) is 0. The van der Waals surface area contributed by atoms with E-state index in [-0.39, 0.29) is 5.91 Å². The summed E-state index contributed by atoms with van der Waals surface area (Å²) >= 11 is 1.50. The number of methoxy groups -OCH3 is 2. The standard InChI is InChI=1S/C18H22N2O3S.C2H2O4/c1-22-15-6-5-14(16(12-15)23-2)13-19-7-9-20(10-8-19)18(21)17-4-3-11-24-17;3-1(4)2(5)6/h3-6,11-12H,7-10,13H2,1-2H3;(H,3,4)(H,5,6). The van der Waals surface area contributed by atoms with Crippen molar-refractivity contribution in [2.45, 2.75) is 6.54 Å². The zero-order valence-electron chi connectivity index (χ0n) is 16.7. The monoisotopic (exact) mass is 436 g/mol. The van der Waals surface area contributed by atoms with Crippen molar-refractivity contribution in [1.82, 2.24) is 9.80 Å². The predicted octanol–water partition coefficient (Wildman–Crippen LogP) is 1.88. The molecule has 0 atom stereocenters. The fourth-order valence-electron chi connectivity index (χ4n) is 2.89. The van der Waals surface area contributed by atoms with E-state index in [2.05, 4.69) is 4.90 Å². The fraction of sp³-hybridized carbons (Fsp3) is 0.350. The minimum atomic E-state index is -1.82. The molecule has 2 N–H and O–H groups in total. The highest BCUT2D eigenvalue weighted by atomic mass is 32.1. The molecule has 1 aromatic carbocycles. The van der Waals surface area contributed by atoms with E-state index in [1.54, 1.807) is 14.2 Å². The second kappa shape index (κ2) is 11.2. The Bertz CT molecular complexity index is 850. The second-order valence-corrected chi connectivity index (χ2v) is 7.28. The fourth-order valence-corrected chi connectivity index (χ4v) is 3.58. The first kappa shape index (κ1) is 23.2. The van der Waals surface area contributed by atoms with Crippen molar-refractivity contribution in [3.05, 3.63) is 46.2 Å². The van der Waals surface area contributed by atoms with E-state index < -0.39 is 11.9 Å². The van der Waals surface area contributed by atoms with Crippen LogP contribution in [0.25, 0.3) is 0 Å². The van der Waals surface area contributed by atoms with Crippen LogP contribution in [0.5, 0.6) is 11.5 Å². The Labute approximate surface area is 178 Å². The van der Waals surface area contributed by atoms with Gasteiger partial charge < -0.3 is 24.6 Å². The number of rotatable bonds is 5. The van der Waals surface area contributed by atoms with Crippen molar-refractivity contribution in [2.24, 2.45) is 0 Å². The smallest absolute Gasteiger partial charge is 0.414 e. The Morgan fingerprint density at radius 1 is 1.00 bits per heavy atom. The normalized spacial score (nSPS) is 13.7. The van der Waals surface area contributed by atoms with Crippen LogP contribution in [0.3, 0.4) is 0 Å². The number of carbonyl (C=O) groups excluding carboxylic acids is 1. The maximum Gasteiger partial charge on any atom is 0.414 e. The Kier molecular flexibility index (Phi) is 8.63. The summed E-state index contributed by atoms with van der Waals surface area (Å²) in [4.78, 5) is 35.7. The van der Waals surface area contributed by atoms with E-state index in [1.807, 2.05) is 40.6 Å². The number of thiophene rings is 1. The van der Waals surface area contributed by atoms with Crippen molar-refractivity contribution in [2.75, 3.05) is 40.4 Å². The number of aliphatic carboxylic acids is 2. The number of ether oxygens (including phenoxy) is 2. The lowest BCUT2D eigenvalue weighted by Crippen LogP contribution is -2.48. The summed E-state index contributed by atoms with van der Waals surface area (Å²) in [5.41, 5.74) is 1.14. The highest BCUT2D eigenvalue weighted by molar-refractivity contribution is 7.12. The van der Waals surface area contributed by atoms with Crippen molar-refractivity contribution >= 4 is 29.2 Å². The predicted molar refractivity (Wildman–Crippen MR) is 110 cm³/mol. The first-order valence-corrected chi connectivity index (χ1v) is 9.96. The number of carbonyl (C=O) groups is 3. The molecule has 1 saturated heterocycles. The molecule has 0 aliphatic carbocycles. The molecule has 1 amide bonds. The summed E-state index contributed by atoms with van der Waals surface area (Å²) in [6.45, 7) is 4.07. The molecule has 0 unspecified atom stereocenters. The average Bonchev–Trinajstić information content (AvgIpc) is 3.29. The highest BCUT2D eigenvalue weighted by Crippen LogP contribution is 2.26. The maximum absolute atomic E-state index is 12.4. The van der Waals surface area contributed by atoms with E-state index >= 15 is 0 Å². The minimum Gasteiger partial charge on any atom is -0.497 e. The molecule has 1 aromatic heterocycles. The molecule has 0 bridgehead atoms. The molecular formula is C20H24N2O7S.